The van der Waals surface area contributed by atoms with Gasteiger partial charge in [-0.2, -0.15) is 0 Å². The Morgan fingerprint density at radius 1 is 1.11 bits per heavy atom. The first-order valence-electron chi connectivity index (χ1n) is 9.22. The summed E-state index contributed by atoms with van der Waals surface area (Å²) >= 11 is 0. The molecule has 1 aromatic heterocycles. The molecule has 1 N–H and O–H groups in total. The van der Waals surface area contributed by atoms with Crippen LogP contribution in [-0.4, -0.2) is 35.4 Å². The number of carbonyl (C=O) groups is 1. The molecule has 0 radical (unpaired) electrons. The minimum absolute atomic E-state index is 0. The number of nitrogens with zero attached hydrogens (tertiary/aromatic N) is 2. The molecule has 1 aliphatic rings. The average molecular weight is 418 g/mol. The van der Waals surface area contributed by atoms with Crippen molar-refractivity contribution in [1.29, 1.82) is 0 Å². The number of carbonyl (C=O) groups excluding carboxylic acids is 1. The predicted octanol–water partition coefficient (Wildman–Crippen LogP) is 4.43. The first kappa shape index (κ1) is 22.2. The highest BCUT2D eigenvalue weighted by molar-refractivity contribution is 6.05. The lowest BCUT2D eigenvalue weighted by Gasteiger charge is -2.36. The lowest BCUT2D eigenvalue weighted by atomic mass is 10.00. The summed E-state index contributed by atoms with van der Waals surface area (Å²) in [5.74, 6) is 0.00729. The summed E-state index contributed by atoms with van der Waals surface area (Å²) < 4.78 is 0. The molecule has 0 saturated carbocycles. The molecule has 1 atom stereocenters. The highest BCUT2D eigenvalue weighted by atomic mass is 35.5. The van der Waals surface area contributed by atoms with Crippen molar-refractivity contribution < 1.29 is 4.79 Å². The number of piperazine rings is 1. The van der Waals surface area contributed by atoms with E-state index in [1.807, 2.05) is 35.2 Å². The number of nitrogens with one attached hydrogen (secondary N) is 1. The van der Waals surface area contributed by atoms with E-state index in [1.54, 1.807) is 6.20 Å². The van der Waals surface area contributed by atoms with Gasteiger partial charge in [-0.15, -0.1) is 24.8 Å². The average Bonchev–Trinajstić information content (AvgIpc) is 2.73. The van der Waals surface area contributed by atoms with Crippen molar-refractivity contribution in [3.05, 3.63) is 77.6 Å². The van der Waals surface area contributed by atoms with Crippen LogP contribution in [0.5, 0.6) is 0 Å². The van der Waals surface area contributed by atoms with Gasteiger partial charge < -0.3 is 10.2 Å². The van der Waals surface area contributed by atoms with Gasteiger partial charge in [0.15, 0.2) is 0 Å². The highest BCUT2D eigenvalue weighted by Gasteiger charge is 2.30. The highest BCUT2D eigenvalue weighted by Crippen LogP contribution is 2.26. The van der Waals surface area contributed by atoms with Gasteiger partial charge in [0.05, 0.1) is 6.04 Å². The molecule has 0 aliphatic carbocycles. The number of rotatable bonds is 3. The van der Waals surface area contributed by atoms with Crippen molar-refractivity contribution >= 4 is 41.5 Å². The zero-order valence-electron chi connectivity index (χ0n) is 15.8. The van der Waals surface area contributed by atoms with E-state index in [1.165, 1.54) is 11.1 Å². The van der Waals surface area contributed by atoms with Crippen LogP contribution < -0.4 is 5.32 Å². The third-order valence-corrected chi connectivity index (χ3v) is 5.15. The molecule has 1 unspecified atom stereocenters. The number of aromatic nitrogens is 1. The molecule has 1 saturated heterocycles. The van der Waals surface area contributed by atoms with Gasteiger partial charge in [0, 0.05) is 31.2 Å². The number of hydrogen-bond acceptors (Lipinski definition) is 3. The van der Waals surface area contributed by atoms with Crippen molar-refractivity contribution in [3.63, 3.8) is 0 Å². The van der Waals surface area contributed by atoms with E-state index in [4.69, 9.17) is 0 Å². The molecule has 0 bridgehead atoms. The summed E-state index contributed by atoms with van der Waals surface area (Å²) in [6, 6.07) is 18.5. The Hall–Kier alpha value is -2.14. The van der Waals surface area contributed by atoms with E-state index in [2.05, 4.69) is 41.5 Å². The fourth-order valence-electron chi connectivity index (χ4n) is 3.65. The Morgan fingerprint density at radius 3 is 2.61 bits per heavy atom. The summed E-state index contributed by atoms with van der Waals surface area (Å²) in [5.41, 5.74) is 3.02. The van der Waals surface area contributed by atoms with Crippen molar-refractivity contribution in [2.75, 3.05) is 19.6 Å². The Bertz CT molecular complexity index is 925. The van der Waals surface area contributed by atoms with Crippen LogP contribution in [-0.2, 0) is 6.42 Å². The largest absolute Gasteiger partial charge is 0.328 e. The fourth-order valence-corrected chi connectivity index (χ4v) is 3.65. The number of hydrogen-bond donors (Lipinski definition) is 1. The van der Waals surface area contributed by atoms with E-state index in [-0.39, 0.29) is 36.8 Å². The Morgan fingerprint density at radius 2 is 1.86 bits per heavy atom. The van der Waals surface area contributed by atoms with Crippen molar-refractivity contribution in [1.82, 2.24) is 15.2 Å². The van der Waals surface area contributed by atoms with Gasteiger partial charge in [-0.25, -0.2) is 0 Å². The van der Waals surface area contributed by atoms with E-state index in [0.29, 0.717) is 12.2 Å². The molecule has 3 aromatic rings. The van der Waals surface area contributed by atoms with Gasteiger partial charge >= 0.3 is 0 Å². The van der Waals surface area contributed by atoms with Crippen LogP contribution in [0.2, 0.25) is 0 Å². The van der Waals surface area contributed by atoms with Gasteiger partial charge in [-0.05, 0) is 29.0 Å². The first-order chi connectivity index (χ1) is 12.8. The van der Waals surface area contributed by atoms with Crippen LogP contribution >= 0.6 is 24.8 Å². The van der Waals surface area contributed by atoms with Crippen molar-refractivity contribution in [3.8, 4) is 0 Å². The van der Waals surface area contributed by atoms with Gasteiger partial charge in [-0.1, -0.05) is 55.5 Å². The zero-order chi connectivity index (χ0) is 17.9. The third kappa shape index (κ3) is 4.30. The van der Waals surface area contributed by atoms with E-state index >= 15 is 0 Å². The lowest BCUT2D eigenvalue weighted by Crippen LogP contribution is -2.48. The normalized spacial score (nSPS) is 16.2. The molecule has 2 aromatic carbocycles. The number of pyridine rings is 1. The summed E-state index contributed by atoms with van der Waals surface area (Å²) in [4.78, 5) is 19.7. The minimum atomic E-state index is 0. The molecule has 148 valence electrons. The molecule has 0 spiro atoms. The Kier molecular flexibility index (Phi) is 7.81. The van der Waals surface area contributed by atoms with Crippen molar-refractivity contribution in [2.45, 2.75) is 19.4 Å². The van der Waals surface area contributed by atoms with Crippen LogP contribution in [0.1, 0.15) is 34.6 Å². The first-order valence-corrected chi connectivity index (χ1v) is 9.22. The molecule has 28 heavy (non-hydrogen) atoms. The molecule has 4 nitrogen and oxygen atoms in total. The fraction of sp³-hybridized carbons (Fsp3) is 0.273. The Balaban J connectivity index is 0.00000140. The maximum Gasteiger partial charge on any atom is 0.273 e. The number of amides is 1. The standard InChI is InChI=1S/C22H23N3O.2ClH/c1-2-16-7-9-18(10-8-16)20-15-23-13-14-25(20)22(26)21-19-6-4-3-5-17(19)11-12-24-21;;/h3-12,20,23H,2,13-15H2,1H3;2*1H. The van der Waals surface area contributed by atoms with Crippen LogP contribution in [0, 0.1) is 0 Å². The van der Waals surface area contributed by atoms with Crippen LogP contribution in [0.25, 0.3) is 10.8 Å². The van der Waals surface area contributed by atoms with Gasteiger partial charge in [0.2, 0.25) is 0 Å². The van der Waals surface area contributed by atoms with Gasteiger partial charge in [0.1, 0.15) is 5.69 Å². The lowest BCUT2D eigenvalue weighted by molar-refractivity contribution is 0.0630. The third-order valence-electron chi connectivity index (χ3n) is 5.15. The summed E-state index contributed by atoms with van der Waals surface area (Å²) in [6.45, 7) is 4.41. The second-order valence-corrected chi connectivity index (χ2v) is 6.69. The van der Waals surface area contributed by atoms with Gasteiger partial charge in [-0.3, -0.25) is 9.78 Å². The smallest absolute Gasteiger partial charge is 0.273 e. The molecule has 2 heterocycles. The molecule has 1 aliphatic heterocycles. The molecule has 4 rings (SSSR count). The second kappa shape index (κ2) is 9.87. The summed E-state index contributed by atoms with van der Waals surface area (Å²) in [6.07, 6.45) is 2.74. The van der Waals surface area contributed by atoms with E-state index < -0.39 is 0 Å². The molecule has 1 amide bonds. The Labute approximate surface area is 178 Å². The SMILES string of the molecule is CCc1ccc(C2CNCCN2C(=O)c2nccc3ccccc23)cc1.Cl.Cl. The van der Waals surface area contributed by atoms with Gasteiger partial charge in [0.25, 0.3) is 5.91 Å². The second-order valence-electron chi connectivity index (χ2n) is 6.69. The summed E-state index contributed by atoms with van der Waals surface area (Å²) in [7, 11) is 0. The number of benzene rings is 2. The molecule has 1 fully saturated rings. The van der Waals surface area contributed by atoms with E-state index in [9.17, 15) is 4.79 Å². The quantitative estimate of drug-likeness (QED) is 0.685. The summed E-state index contributed by atoms with van der Waals surface area (Å²) in [5, 5.41) is 5.38. The molecule has 6 heteroatoms. The van der Waals surface area contributed by atoms with Crippen LogP contribution in [0.3, 0.4) is 0 Å². The molecular weight excluding hydrogens is 393 g/mol. The van der Waals surface area contributed by atoms with Crippen LogP contribution in [0.4, 0.5) is 0 Å². The van der Waals surface area contributed by atoms with Crippen LogP contribution in [0.15, 0.2) is 60.8 Å². The zero-order valence-corrected chi connectivity index (χ0v) is 17.4. The number of fused-ring (bicyclic) bond motifs is 1. The van der Waals surface area contributed by atoms with E-state index in [0.717, 1.165) is 30.3 Å². The number of aryl methyl sites for hydroxylation is 1. The monoisotopic (exact) mass is 417 g/mol. The van der Waals surface area contributed by atoms with Crippen molar-refractivity contribution in [2.24, 2.45) is 0 Å². The maximum atomic E-state index is 13.4. The maximum absolute atomic E-state index is 13.4. The predicted molar refractivity (Wildman–Crippen MR) is 119 cm³/mol. The number of halogens is 2. The minimum Gasteiger partial charge on any atom is -0.328 e. The topological polar surface area (TPSA) is 45.2 Å². The molecular formula is C22H25Cl2N3O.